The van der Waals surface area contributed by atoms with E-state index in [0.29, 0.717) is 18.3 Å². The molecule has 0 N–H and O–H groups in total. The van der Waals surface area contributed by atoms with Crippen LogP contribution >= 0.6 is 0 Å². The maximum absolute atomic E-state index is 5.78. The first-order chi connectivity index (χ1) is 13.8. The summed E-state index contributed by atoms with van der Waals surface area (Å²) in [7, 11) is 0.774. The molecule has 3 heterocycles. The van der Waals surface area contributed by atoms with Gasteiger partial charge in [-0.15, -0.1) is 0 Å². The molecule has 3 rings (SSSR count). The molecular formula is C20H38O7Si. The molecule has 0 radical (unpaired) electrons. The molecule has 3 saturated heterocycles. The van der Waals surface area contributed by atoms with E-state index in [1.807, 2.05) is 0 Å². The lowest BCUT2D eigenvalue weighted by Gasteiger charge is -2.34. The van der Waals surface area contributed by atoms with Crippen LogP contribution < -0.4 is 0 Å². The summed E-state index contributed by atoms with van der Waals surface area (Å²) in [6.45, 7) is 8.01. The van der Waals surface area contributed by atoms with Crippen molar-refractivity contribution in [2.75, 3.05) is 66.1 Å². The highest BCUT2D eigenvalue weighted by Gasteiger charge is 2.30. The van der Waals surface area contributed by atoms with Crippen LogP contribution in [-0.2, 0) is 32.8 Å². The molecule has 0 bridgehead atoms. The van der Waals surface area contributed by atoms with Crippen LogP contribution in [-0.4, -0.2) is 94.9 Å². The summed E-state index contributed by atoms with van der Waals surface area (Å²) < 4.78 is 38.6. The zero-order chi connectivity index (χ0) is 19.5. The summed E-state index contributed by atoms with van der Waals surface area (Å²) in [5.41, 5.74) is 0.195. The Kier molecular flexibility index (Phi) is 10.2. The maximum atomic E-state index is 5.78. The van der Waals surface area contributed by atoms with Gasteiger partial charge >= 0.3 is 0 Å². The fraction of sp³-hybridized carbons (Fsp3) is 1.00. The van der Waals surface area contributed by atoms with E-state index in [1.165, 1.54) is 0 Å². The Bertz CT molecular complexity index is 358. The normalized spacial score (nSPS) is 27.6. The van der Waals surface area contributed by atoms with E-state index < -0.39 is 0 Å². The Labute approximate surface area is 172 Å². The maximum Gasteiger partial charge on any atom is 0.145 e. The van der Waals surface area contributed by atoms with Crippen molar-refractivity contribution in [2.45, 2.75) is 56.8 Å². The van der Waals surface area contributed by atoms with E-state index in [0.717, 1.165) is 115 Å². The smallest absolute Gasteiger partial charge is 0.145 e. The molecule has 7 nitrogen and oxygen atoms in total. The van der Waals surface area contributed by atoms with Gasteiger partial charge in [-0.3, -0.25) is 0 Å². The van der Waals surface area contributed by atoms with Gasteiger partial charge in [-0.05, 0) is 43.9 Å². The van der Waals surface area contributed by atoms with Crippen LogP contribution in [0.1, 0.15) is 38.5 Å². The lowest BCUT2D eigenvalue weighted by Crippen LogP contribution is -2.29. The molecule has 0 aromatic heterocycles. The van der Waals surface area contributed by atoms with Crippen LogP contribution in [0.5, 0.6) is 0 Å². The summed E-state index contributed by atoms with van der Waals surface area (Å²) in [6, 6.07) is 0. The topological polar surface area (TPSA) is 74.5 Å². The predicted molar refractivity (Wildman–Crippen MR) is 108 cm³/mol. The first kappa shape index (κ1) is 22.6. The minimum atomic E-state index is 0.195. The second-order valence-electron chi connectivity index (χ2n) is 8.33. The van der Waals surface area contributed by atoms with E-state index >= 15 is 0 Å². The lowest BCUT2D eigenvalue weighted by molar-refractivity contribution is 0.0503. The molecule has 164 valence electrons. The van der Waals surface area contributed by atoms with Gasteiger partial charge in [-0.1, -0.05) is 0 Å². The van der Waals surface area contributed by atoms with Gasteiger partial charge < -0.3 is 32.8 Å². The minimum absolute atomic E-state index is 0.195. The monoisotopic (exact) mass is 418 g/mol. The summed E-state index contributed by atoms with van der Waals surface area (Å²) in [5.74, 6) is 0. The summed E-state index contributed by atoms with van der Waals surface area (Å²) >= 11 is 0. The first-order valence-electron chi connectivity index (χ1n) is 10.9. The van der Waals surface area contributed by atoms with Gasteiger partial charge in [-0.2, -0.15) is 0 Å². The van der Waals surface area contributed by atoms with Crippen molar-refractivity contribution >= 4 is 10.5 Å². The molecule has 3 unspecified atom stereocenters. The Hall–Kier alpha value is -0.0631. The fourth-order valence-corrected chi connectivity index (χ4v) is 4.29. The van der Waals surface area contributed by atoms with Gasteiger partial charge in [0.05, 0.1) is 39.6 Å². The second kappa shape index (κ2) is 12.6. The van der Waals surface area contributed by atoms with Gasteiger partial charge in [0.2, 0.25) is 0 Å². The van der Waals surface area contributed by atoms with Gasteiger partial charge in [0.1, 0.15) is 28.8 Å². The van der Waals surface area contributed by atoms with Crippen LogP contribution in [0.2, 0.25) is 0 Å². The average Bonchev–Trinajstić information content (AvgIpc) is 3.54. The summed E-state index contributed by atoms with van der Waals surface area (Å²) in [6.07, 6.45) is 7.58. The molecule has 0 aliphatic carbocycles. The van der Waals surface area contributed by atoms with Crippen LogP contribution in [0.25, 0.3) is 0 Å². The number of hydrogen-bond acceptors (Lipinski definition) is 7. The average molecular weight is 419 g/mol. The highest BCUT2D eigenvalue weighted by molar-refractivity contribution is 5.97. The number of epoxide rings is 3. The third-order valence-corrected chi connectivity index (χ3v) is 5.84. The first-order valence-corrected chi connectivity index (χ1v) is 11.7. The third-order valence-electron chi connectivity index (χ3n) is 5.56. The van der Waals surface area contributed by atoms with E-state index in [4.69, 9.17) is 32.8 Å². The van der Waals surface area contributed by atoms with Crippen molar-refractivity contribution in [3.05, 3.63) is 0 Å². The van der Waals surface area contributed by atoms with Crippen molar-refractivity contribution in [3.8, 4) is 0 Å². The zero-order valence-electron chi connectivity index (χ0n) is 17.4. The van der Waals surface area contributed by atoms with Crippen LogP contribution in [0.15, 0.2) is 0 Å². The molecule has 0 amide bonds. The Morgan fingerprint density at radius 3 is 1.32 bits per heavy atom. The lowest BCUT2D eigenvalue weighted by atomic mass is 9.76. The number of ether oxygens (including phenoxy) is 6. The molecule has 0 spiro atoms. The molecule has 0 aromatic rings. The number of rotatable bonds is 20. The zero-order valence-corrected chi connectivity index (χ0v) is 19.4. The van der Waals surface area contributed by atoms with Crippen LogP contribution in [0, 0.1) is 5.41 Å². The highest BCUT2D eigenvalue weighted by atomic mass is 28.2. The standard InChI is InChI=1S/C20H38O7Si/c28-27-16-20(4-1-7-21-10-17-13-24-17,5-2-8-22-11-18-14-25-18)6-3-9-23-12-19-15-26-19/h17-19H,1-16H2,28H3. The van der Waals surface area contributed by atoms with Crippen molar-refractivity contribution in [1.82, 2.24) is 0 Å². The second-order valence-corrected chi connectivity index (χ2v) is 8.91. The third kappa shape index (κ3) is 10.1. The summed E-state index contributed by atoms with van der Waals surface area (Å²) in [4.78, 5) is 0. The Morgan fingerprint density at radius 1 is 0.679 bits per heavy atom. The molecule has 28 heavy (non-hydrogen) atoms. The molecule has 0 aromatic carbocycles. The fourth-order valence-electron chi connectivity index (χ4n) is 3.68. The quantitative estimate of drug-likeness (QED) is 0.165. The largest absolute Gasteiger partial charge is 0.427 e. The van der Waals surface area contributed by atoms with E-state index in [2.05, 4.69) is 0 Å². The predicted octanol–water partition coefficient (Wildman–Crippen LogP) is 0.857. The molecule has 8 heteroatoms. The molecule has 3 aliphatic heterocycles. The Morgan fingerprint density at radius 2 is 1.04 bits per heavy atom. The van der Waals surface area contributed by atoms with Gasteiger partial charge in [-0.25, -0.2) is 0 Å². The van der Waals surface area contributed by atoms with Crippen molar-refractivity contribution < 1.29 is 32.8 Å². The van der Waals surface area contributed by atoms with E-state index in [1.54, 1.807) is 0 Å². The summed E-state index contributed by atoms with van der Waals surface area (Å²) in [5, 5.41) is 0. The highest BCUT2D eigenvalue weighted by Crippen LogP contribution is 2.35. The van der Waals surface area contributed by atoms with Gasteiger partial charge in [0.25, 0.3) is 0 Å². The Balaban J connectivity index is 1.35. The molecule has 0 saturated carbocycles. The molecule has 3 fully saturated rings. The SMILES string of the molecule is [SiH3]OCC(CCCOCC1CO1)(CCCOCC1CO1)CCCOCC1CO1. The van der Waals surface area contributed by atoms with E-state index in [9.17, 15) is 0 Å². The molecule has 3 aliphatic rings. The minimum Gasteiger partial charge on any atom is -0.427 e. The van der Waals surface area contributed by atoms with Crippen LogP contribution in [0.4, 0.5) is 0 Å². The van der Waals surface area contributed by atoms with E-state index in [-0.39, 0.29) is 5.41 Å². The van der Waals surface area contributed by atoms with Crippen LogP contribution in [0.3, 0.4) is 0 Å². The van der Waals surface area contributed by atoms with Crippen molar-refractivity contribution in [3.63, 3.8) is 0 Å². The van der Waals surface area contributed by atoms with Gasteiger partial charge in [0.15, 0.2) is 0 Å². The van der Waals surface area contributed by atoms with Gasteiger partial charge in [0, 0.05) is 26.4 Å². The number of hydrogen-bond donors (Lipinski definition) is 0. The van der Waals surface area contributed by atoms with Crippen molar-refractivity contribution in [1.29, 1.82) is 0 Å². The van der Waals surface area contributed by atoms with Crippen molar-refractivity contribution in [2.24, 2.45) is 5.41 Å². The molecular weight excluding hydrogens is 380 g/mol. The molecule has 3 atom stereocenters.